The van der Waals surface area contributed by atoms with E-state index in [9.17, 15) is 4.79 Å². The molecule has 0 saturated heterocycles. The third-order valence-corrected chi connectivity index (χ3v) is 11.7. The van der Waals surface area contributed by atoms with E-state index in [1.54, 1.807) is 23.1 Å². The zero-order chi connectivity index (χ0) is 28.1. The molecule has 206 valence electrons. The van der Waals surface area contributed by atoms with E-state index in [1.165, 1.54) is 37.5 Å². The molecule has 0 bridgehead atoms. The molecule has 1 aromatic heterocycles. The molecule has 7 rings (SSSR count). The fourth-order valence-electron chi connectivity index (χ4n) is 6.16. The van der Waals surface area contributed by atoms with Crippen LogP contribution in [0.15, 0.2) is 87.5 Å². The number of hydrogen-bond acceptors (Lipinski definition) is 5. The van der Waals surface area contributed by atoms with Crippen molar-refractivity contribution in [3.8, 4) is 0 Å². The van der Waals surface area contributed by atoms with Gasteiger partial charge in [-0.05, 0) is 73.3 Å². The van der Waals surface area contributed by atoms with Gasteiger partial charge in [-0.3, -0.25) is 9.36 Å². The molecule has 41 heavy (non-hydrogen) atoms. The summed E-state index contributed by atoms with van der Waals surface area (Å²) in [6.07, 6.45) is 11.0. The monoisotopic (exact) mass is 594 g/mol. The third-order valence-electron chi connectivity index (χ3n) is 8.12. The van der Waals surface area contributed by atoms with Gasteiger partial charge in [0.1, 0.15) is 16.5 Å². The first-order valence-corrected chi connectivity index (χ1v) is 16.8. The SMILES string of the molecule is CCN1/C(=C/C=c2\s/c(=C\C3=[N+](CC)C4C=Cc5ccccc5C4S3)n(CC)c2=O)Sc2ccc3ccccc3c21. The quantitative estimate of drug-likeness (QED) is 0.249. The molecular formula is C34H32N3OS3+. The first kappa shape index (κ1) is 26.6. The van der Waals surface area contributed by atoms with E-state index in [1.807, 2.05) is 22.4 Å². The number of thioether (sulfide) groups is 2. The number of aromatic nitrogens is 1. The average molecular weight is 595 g/mol. The minimum absolute atomic E-state index is 0.0870. The molecule has 2 atom stereocenters. The summed E-state index contributed by atoms with van der Waals surface area (Å²) in [5.74, 6) is 0. The highest BCUT2D eigenvalue weighted by Gasteiger charge is 2.43. The lowest BCUT2D eigenvalue weighted by Crippen LogP contribution is -2.31. The van der Waals surface area contributed by atoms with E-state index < -0.39 is 0 Å². The van der Waals surface area contributed by atoms with Crippen LogP contribution in [0.25, 0.3) is 29.0 Å². The number of nitrogens with zero attached hydrogens (tertiary/aromatic N) is 3. The molecular weight excluding hydrogens is 563 g/mol. The second-order valence-corrected chi connectivity index (χ2v) is 13.6. The number of benzene rings is 3. The lowest BCUT2D eigenvalue weighted by molar-refractivity contribution is -0.544. The lowest BCUT2D eigenvalue weighted by atomic mass is 9.93. The van der Waals surface area contributed by atoms with Crippen molar-refractivity contribution >= 4 is 74.6 Å². The number of allylic oxidation sites excluding steroid dienone is 1. The molecule has 0 radical (unpaired) electrons. The van der Waals surface area contributed by atoms with Gasteiger partial charge in [0.2, 0.25) is 5.04 Å². The largest absolute Gasteiger partial charge is 0.335 e. The van der Waals surface area contributed by atoms with Gasteiger partial charge in [-0.1, -0.05) is 72.4 Å². The topological polar surface area (TPSA) is 28.2 Å². The van der Waals surface area contributed by atoms with Crippen LogP contribution in [-0.2, 0) is 6.54 Å². The van der Waals surface area contributed by atoms with Crippen molar-refractivity contribution in [3.05, 3.63) is 109 Å². The number of anilines is 1. The van der Waals surface area contributed by atoms with Gasteiger partial charge in [-0.15, -0.1) is 11.3 Å². The van der Waals surface area contributed by atoms with Crippen molar-refractivity contribution < 1.29 is 4.58 Å². The Bertz CT molecular complexity index is 1960. The maximum Gasteiger partial charge on any atom is 0.269 e. The molecule has 0 fully saturated rings. The average Bonchev–Trinajstić information content (AvgIpc) is 3.65. The minimum Gasteiger partial charge on any atom is -0.335 e. The van der Waals surface area contributed by atoms with Crippen LogP contribution in [0.3, 0.4) is 0 Å². The number of rotatable bonds is 5. The Kier molecular flexibility index (Phi) is 7.05. The van der Waals surface area contributed by atoms with Gasteiger partial charge < -0.3 is 4.90 Å². The van der Waals surface area contributed by atoms with Crippen LogP contribution >= 0.6 is 34.9 Å². The van der Waals surface area contributed by atoms with E-state index >= 15 is 0 Å². The fourth-order valence-corrected chi connectivity index (χ4v) is 9.97. The molecule has 4 nitrogen and oxygen atoms in total. The predicted molar refractivity (Wildman–Crippen MR) is 179 cm³/mol. The third kappa shape index (κ3) is 4.46. The van der Waals surface area contributed by atoms with Crippen LogP contribution in [0.1, 0.15) is 37.1 Å². The first-order chi connectivity index (χ1) is 20.1. The highest BCUT2D eigenvalue weighted by molar-refractivity contribution is 8.15. The Morgan fingerprint density at radius 2 is 1.78 bits per heavy atom. The molecule has 4 aromatic rings. The van der Waals surface area contributed by atoms with Crippen LogP contribution < -0.4 is 19.7 Å². The maximum atomic E-state index is 13.5. The van der Waals surface area contributed by atoms with Crippen molar-refractivity contribution in [3.63, 3.8) is 0 Å². The van der Waals surface area contributed by atoms with E-state index in [4.69, 9.17) is 0 Å². The molecule has 0 saturated carbocycles. The van der Waals surface area contributed by atoms with E-state index in [2.05, 4.69) is 115 Å². The molecule has 3 aliphatic rings. The van der Waals surface area contributed by atoms with Crippen LogP contribution in [0, 0.1) is 0 Å². The van der Waals surface area contributed by atoms with Gasteiger partial charge in [0, 0.05) is 23.4 Å². The lowest BCUT2D eigenvalue weighted by Gasteiger charge is -2.20. The zero-order valence-corrected chi connectivity index (χ0v) is 25.9. The Morgan fingerprint density at radius 3 is 2.61 bits per heavy atom. The highest BCUT2D eigenvalue weighted by Crippen LogP contribution is 2.49. The number of likely N-dealkylation sites (N-methyl/N-ethyl adjacent to an activating group) is 1. The molecule has 7 heteroatoms. The second-order valence-electron chi connectivity index (χ2n) is 10.3. The summed E-state index contributed by atoms with van der Waals surface area (Å²) in [7, 11) is 0. The van der Waals surface area contributed by atoms with Gasteiger partial charge in [-0.25, -0.2) is 4.58 Å². The molecule has 0 amide bonds. The van der Waals surface area contributed by atoms with Crippen molar-refractivity contribution in [1.29, 1.82) is 0 Å². The van der Waals surface area contributed by atoms with Crippen molar-refractivity contribution in [1.82, 2.24) is 4.57 Å². The van der Waals surface area contributed by atoms with Gasteiger partial charge in [0.25, 0.3) is 5.56 Å². The molecule has 3 heterocycles. The van der Waals surface area contributed by atoms with Crippen LogP contribution in [-0.4, -0.2) is 33.3 Å². The summed E-state index contributed by atoms with van der Waals surface area (Å²) in [4.78, 5) is 17.2. The summed E-state index contributed by atoms with van der Waals surface area (Å²) in [5, 5.41) is 5.29. The van der Waals surface area contributed by atoms with E-state index in [0.29, 0.717) is 17.8 Å². The summed E-state index contributed by atoms with van der Waals surface area (Å²) < 4.78 is 6.19. The first-order valence-electron chi connectivity index (χ1n) is 14.3. The van der Waals surface area contributed by atoms with Gasteiger partial charge in [-0.2, -0.15) is 0 Å². The molecule has 2 unspecified atom stereocenters. The standard InChI is InChI=1S/C34H32N3OS3/c1-4-35-26-17-15-23-12-8-10-14-25(23)33(26)41-30(35)21-31-37(6-3)34(38)28(40-31)19-20-29-36(5-2)32-24-13-9-7-11-22(24)16-18-27(32)39-29/h7-21,26,33H,4-6H2,1-3H3/q+1/b28-19-,29-20-. The van der Waals surface area contributed by atoms with E-state index in [-0.39, 0.29) is 5.56 Å². The van der Waals surface area contributed by atoms with Crippen LogP contribution in [0.2, 0.25) is 0 Å². The maximum absolute atomic E-state index is 13.5. The molecule has 3 aromatic carbocycles. The number of hydrogen-bond donors (Lipinski definition) is 0. The summed E-state index contributed by atoms with van der Waals surface area (Å²) in [6.45, 7) is 8.92. The normalized spacial score (nSPS) is 21.3. The molecule has 0 N–H and O–H groups in total. The molecule has 2 aliphatic heterocycles. The van der Waals surface area contributed by atoms with Crippen molar-refractivity contribution in [2.24, 2.45) is 0 Å². The van der Waals surface area contributed by atoms with Crippen molar-refractivity contribution in [2.45, 2.75) is 43.5 Å². The Balaban J connectivity index is 1.27. The highest BCUT2D eigenvalue weighted by atomic mass is 32.2. The predicted octanol–water partition coefficient (Wildman–Crippen LogP) is 6.43. The van der Waals surface area contributed by atoms with Crippen LogP contribution in [0.4, 0.5) is 5.69 Å². The number of fused-ring (bicyclic) bond motifs is 6. The summed E-state index contributed by atoms with van der Waals surface area (Å²) in [6, 6.07) is 22.0. The van der Waals surface area contributed by atoms with Gasteiger partial charge >= 0.3 is 0 Å². The smallest absolute Gasteiger partial charge is 0.269 e. The summed E-state index contributed by atoms with van der Waals surface area (Å²) >= 11 is 5.30. The van der Waals surface area contributed by atoms with Gasteiger partial charge in [0.05, 0.1) is 21.3 Å². The zero-order valence-electron chi connectivity index (χ0n) is 23.4. The number of thiazole rings is 1. The fraction of sp³-hybridized carbons (Fsp3) is 0.235. The molecule has 1 aliphatic carbocycles. The minimum atomic E-state index is 0.0870. The Morgan fingerprint density at radius 1 is 0.951 bits per heavy atom. The molecule has 0 spiro atoms. The van der Waals surface area contributed by atoms with Crippen LogP contribution in [0.5, 0.6) is 0 Å². The van der Waals surface area contributed by atoms with Gasteiger partial charge in [0.15, 0.2) is 6.04 Å². The Hall–Kier alpha value is -3.26. The Labute approximate surface area is 252 Å². The van der Waals surface area contributed by atoms with E-state index in [0.717, 1.165) is 27.3 Å². The summed E-state index contributed by atoms with van der Waals surface area (Å²) in [5.41, 5.74) is 4.07. The second kappa shape index (κ2) is 10.9. The van der Waals surface area contributed by atoms with Crippen molar-refractivity contribution in [2.75, 3.05) is 18.0 Å².